The second-order valence-electron chi connectivity index (χ2n) is 7.06. The van der Waals surface area contributed by atoms with Crippen molar-refractivity contribution in [3.63, 3.8) is 0 Å². The Hall–Kier alpha value is -3.19. The lowest BCUT2D eigenvalue weighted by Crippen LogP contribution is -2.36. The Bertz CT molecular complexity index is 994. The van der Waals surface area contributed by atoms with Crippen molar-refractivity contribution >= 4 is 17.4 Å². The molecule has 6 nitrogen and oxygen atoms in total. The van der Waals surface area contributed by atoms with Crippen LogP contribution in [0.4, 0.5) is 15.9 Å². The summed E-state index contributed by atoms with van der Waals surface area (Å²) in [6, 6.07) is 14.3. The molecule has 2 aromatic carbocycles. The summed E-state index contributed by atoms with van der Waals surface area (Å²) >= 11 is 0. The van der Waals surface area contributed by atoms with Crippen molar-refractivity contribution in [3.8, 4) is 11.1 Å². The molecular formula is C22H23FN4O2. The molecule has 1 aliphatic heterocycles. The number of morpholine rings is 1. The van der Waals surface area contributed by atoms with Crippen molar-refractivity contribution in [1.82, 2.24) is 9.78 Å². The van der Waals surface area contributed by atoms with Crippen molar-refractivity contribution in [2.75, 3.05) is 36.5 Å². The number of rotatable bonds is 5. The van der Waals surface area contributed by atoms with Gasteiger partial charge in [-0.25, -0.2) is 4.39 Å². The van der Waals surface area contributed by atoms with Crippen LogP contribution >= 0.6 is 0 Å². The fourth-order valence-corrected chi connectivity index (χ4v) is 3.34. The lowest BCUT2D eigenvalue weighted by atomic mass is 10.1. The minimum absolute atomic E-state index is 0.00244. The lowest BCUT2D eigenvalue weighted by Gasteiger charge is -2.27. The normalized spacial score (nSPS) is 14.1. The third-order valence-electron chi connectivity index (χ3n) is 4.87. The predicted octanol–water partition coefficient (Wildman–Crippen LogP) is 3.47. The van der Waals surface area contributed by atoms with Crippen LogP contribution in [0.15, 0.2) is 54.7 Å². The second kappa shape index (κ2) is 8.45. The Kier molecular flexibility index (Phi) is 5.57. The zero-order valence-electron chi connectivity index (χ0n) is 16.3. The summed E-state index contributed by atoms with van der Waals surface area (Å²) in [5, 5.41) is 7.27. The molecule has 0 saturated carbocycles. The number of anilines is 2. The molecule has 0 unspecified atom stereocenters. The minimum atomic E-state index is -0.462. The number of nitrogens with one attached hydrogen (secondary N) is 1. The van der Waals surface area contributed by atoms with E-state index in [-0.39, 0.29) is 18.1 Å². The Balaban J connectivity index is 1.59. The van der Waals surface area contributed by atoms with Gasteiger partial charge in [0.2, 0.25) is 5.91 Å². The van der Waals surface area contributed by atoms with E-state index in [4.69, 9.17) is 4.74 Å². The number of carbonyl (C=O) groups is 1. The average molecular weight is 394 g/mol. The van der Waals surface area contributed by atoms with Crippen molar-refractivity contribution in [2.45, 2.75) is 13.5 Å². The standard InChI is InChI=1S/C22H23FN4O2/c1-16-6-8-17(9-7-16)18-14-27(25-22(18)26-10-12-29-13-11-26)15-21(28)24-20-5-3-2-4-19(20)23/h2-9,14H,10-13,15H2,1H3,(H,24,28). The van der Waals surface area contributed by atoms with Crippen LogP contribution < -0.4 is 10.2 Å². The molecule has 0 atom stereocenters. The van der Waals surface area contributed by atoms with Gasteiger partial charge in [0.15, 0.2) is 5.82 Å². The van der Waals surface area contributed by atoms with Gasteiger partial charge in [-0.2, -0.15) is 5.10 Å². The highest BCUT2D eigenvalue weighted by molar-refractivity contribution is 5.90. The molecule has 0 aliphatic carbocycles. The fourth-order valence-electron chi connectivity index (χ4n) is 3.34. The van der Waals surface area contributed by atoms with Crippen molar-refractivity contribution in [1.29, 1.82) is 0 Å². The first kappa shape index (κ1) is 19.1. The summed E-state index contributed by atoms with van der Waals surface area (Å²) < 4.78 is 20.9. The van der Waals surface area contributed by atoms with Gasteiger partial charge in [0, 0.05) is 24.8 Å². The maximum Gasteiger partial charge on any atom is 0.246 e. The van der Waals surface area contributed by atoms with Gasteiger partial charge in [0.25, 0.3) is 0 Å². The molecule has 1 aromatic heterocycles. The van der Waals surface area contributed by atoms with E-state index in [1.807, 2.05) is 13.1 Å². The van der Waals surface area contributed by atoms with E-state index >= 15 is 0 Å². The van der Waals surface area contributed by atoms with E-state index in [0.29, 0.717) is 13.2 Å². The third-order valence-corrected chi connectivity index (χ3v) is 4.87. The summed E-state index contributed by atoms with van der Waals surface area (Å²) in [5.74, 6) is 0.0353. The van der Waals surface area contributed by atoms with Gasteiger partial charge in [0.05, 0.1) is 18.9 Å². The number of benzene rings is 2. The number of nitrogens with zero attached hydrogens (tertiary/aromatic N) is 3. The number of aromatic nitrogens is 2. The van der Waals surface area contributed by atoms with Crippen molar-refractivity contribution in [3.05, 3.63) is 66.1 Å². The number of hydrogen-bond acceptors (Lipinski definition) is 4. The monoisotopic (exact) mass is 394 g/mol. The van der Waals surface area contributed by atoms with E-state index in [9.17, 15) is 9.18 Å². The molecule has 1 N–H and O–H groups in total. The molecular weight excluding hydrogens is 371 g/mol. The van der Waals surface area contributed by atoms with E-state index in [1.54, 1.807) is 16.8 Å². The van der Waals surface area contributed by atoms with Crippen LogP contribution in [0.5, 0.6) is 0 Å². The smallest absolute Gasteiger partial charge is 0.246 e. The molecule has 2 heterocycles. The van der Waals surface area contributed by atoms with E-state index < -0.39 is 5.82 Å². The maximum atomic E-state index is 13.8. The number of halogens is 1. The highest BCUT2D eigenvalue weighted by Gasteiger charge is 2.21. The van der Waals surface area contributed by atoms with E-state index in [1.165, 1.54) is 17.7 Å². The molecule has 0 radical (unpaired) electrons. The number of amides is 1. The average Bonchev–Trinajstić information content (AvgIpc) is 3.14. The lowest BCUT2D eigenvalue weighted by molar-refractivity contribution is -0.116. The summed E-state index contributed by atoms with van der Waals surface area (Å²) in [5.41, 5.74) is 3.35. The molecule has 3 aromatic rings. The van der Waals surface area contributed by atoms with Crippen molar-refractivity contribution < 1.29 is 13.9 Å². The van der Waals surface area contributed by atoms with Crippen LogP contribution in [0, 0.1) is 12.7 Å². The minimum Gasteiger partial charge on any atom is -0.378 e. The zero-order chi connectivity index (χ0) is 20.2. The van der Waals surface area contributed by atoms with Gasteiger partial charge >= 0.3 is 0 Å². The van der Waals surface area contributed by atoms with Gasteiger partial charge in [-0.3, -0.25) is 9.48 Å². The van der Waals surface area contributed by atoms with Gasteiger partial charge < -0.3 is 15.0 Å². The number of para-hydroxylation sites is 1. The Labute approximate surface area is 168 Å². The molecule has 1 saturated heterocycles. The summed E-state index contributed by atoms with van der Waals surface area (Å²) in [6.45, 7) is 4.83. The van der Waals surface area contributed by atoms with Crippen LogP contribution in [0.1, 0.15) is 5.56 Å². The first-order valence-electron chi connectivity index (χ1n) is 9.62. The zero-order valence-corrected chi connectivity index (χ0v) is 16.3. The Morgan fingerprint density at radius 1 is 1.14 bits per heavy atom. The maximum absolute atomic E-state index is 13.8. The molecule has 29 heavy (non-hydrogen) atoms. The van der Waals surface area contributed by atoms with Crippen LogP contribution in [0.3, 0.4) is 0 Å². The molecule has 150 valence electrons. The topological polar surface area (TPSA) is 59.4 Å². The number of hydrogen-bond donors (Lipinski definition) is 1. The Morgan fingerprint density at radius 3 is 2.59 bits per heavy atom. The van der Waals surface area contributed by atoms with Crippen LogP contribution in [-0.4, -0.2) is 42.0 Å². The number of carbonyl (C=O) groups excluding carboxylic acids is 1. The fraction of sp³-hybridized carbons (Fsp3) is 0.273. The highest BCUT2D eigenvalue weighted by Crippen LogP contribution is 2.30. The predicted molar refractivity (Wildman–Crippen MR) is 110 cm³/mol. The van der Waals surface area contributed by atoms with Crippen LogP contribution in [-0.2, 0) is 16.1 Å². The largest absolute Gasteiger partial charge is 0.378 e. The summed E-state index contributed by atoms with van der Waals surface area (Å²) in [6.07, 6.45) is 1.87. The molecule has 7 heteroatoms. The van der Waals surface area contributed by atoms with E-state index in [0.717, 1.165) is 30.0 Å². The second-order valence-corrected chi connectivity index (χ2v) is 7.06. The molecule has 4 rings (SSSR count). The quantitative estimate of drug-likeness (QED) is 0.720. The first-order valence-corrected chi connectivity index (χ1v) is 9.62. The molecule has 1 fully saturated rings. The SMILES string of the molecule is Cc1ccc(-c2cn(CC(=O)Nc3ccccc3F)nc2N2CCOCC2)cc1. The van der Waals surface area contributed by atoms with Crippen LogP contribution in [0.2, 0.25) is 0 Å². The number of ether oxygens (including phenoxy) is 1. The first-order chi connectivity index (χ1) is 14.1. The van der Waals surface area contributed by atoms with Crippen molar-refractivity contribution in [2.24, 2.45) is 0 Å². The van der Waals surface area contributed by atoms with Crippen LogP contribution in [0.25, 0.3) is 11.1 Å². The third kappa shape index (κ3) is 4.46. The van der Waals surface area contributed by atoms with Gasteiger partial charge in [-0.05, 0) is 24.6 Å². The number of aryl methyl sites for hydroxylation is 1. The molecule has 0 bridgehead atoms. The molecule has 1 amide bonds. The van der Waals surface area contributed by atoms with Gasteiger partial charge in [-0.1, -0.05) is 42.0 Å². The van der Waals surface area contributed by atoms with Gasteiger partial charge in [-0.15, -0.1) is 0 Å². The van der Waals surface area contributed by atoms with Gasteiger partial charge in [0.1, 0.15) is 12.4 Å². The van der Waals surface area contributed by atoms with E-state index in [2.05, 4.69) is 39.6 Å². The summed E-state index contributed by atoms with van der Waals surface area (Å²) in [7, 11) is 0. The summed E-state index contributed by atoms with van der Waals surface area (Å²) in [4.78, 5) is 14.6. The highest BCUT2D eigenvalue weighted by atomic mass is 19.1. The molecule has 1 aliphatic rings. The molecule has 0 spiro atoms. The Morgan fingerprint density at radius 2 is 1.86 bits per heavy atom.